The summed E-state index contributed by atoms with van der Waals surface area (Å²) >= 11 is 0. The lowest BCUT2D eigenvalue weighted by molar-refractivity contribution is 0.759. The van der Waals surface area contributed by atoms with Crippen LogP contribution in [-0.2, 0) is 12.8 Å². The van der Waals surface area contributed by atoms with Crippen molar-refractivity contribution in [2.24, 2.45) is 0 Å². The van der Waals surface area contributed by atoms with E-state index in [0.717, 1.165) is 53.0 Å². The maximum atomic E-state index is 4.70. The Morgan fingerprint density at radius 2 is 1.43 bits per heavy atom. The Bertz CT molecular complexity index is 906. The van der Waals surface area contributed by atoms with Crippen LogP contribution in [0, 0.1) is 13.8 Å². The molecule has 0 fully saturated rings. The molecule has 0 saturated carbocycles. The summed E-state index contributed by atoms with van der Waals surface area (Å²) in [5.41, 5.74) is 6.93. The monoisotopic (exact) mass is 304 g/mol. The number of fused-ring (bicyclic) bond motifs is 2. The molecule has 116 valence electrons. The van der Waals surface area contributed by atoms with Crippen LogP contribution < -0.4 is 0 Å². The molecule has 2 aromatic carbocycles. The number of hydrogen-bond donors (Lipinski definition) is 2. The lowest BCUT2D eigenvalue weighted by Crippen LogP contribution is -1.93. The number of H-pyrrole nitrogens is 2. The molecule has 4 nitrogen and oxygen atoms in total. The highest BCUT2D eigenvalue weighted by Crippen LogP contribution is 2.18. The highest BCUT2D eigenvalue weighted by atomic mass is 14.9. The van der Waals surface area contributed by atoms with Crippen molar-refractivity contribution in [2.75, 3.05) is 0 Å². The van der Waals surface area contributed by atoms with Gasteiger partial charge in [-0.3, -0.25) is 0 Å². The Labute approximate surface area is 135 Å². The van der Waals surface area contributed by atoms with Crippen LogP contribution in [0.15, 0.2) is 36.4 Å². The minimum Gasteiger partial charge on any atom is -0.342 e. The Morgan fingerprint density at radius 3 is 2.22 bits per heavy atom. The lowest BCUT2D eigenvalue weighted by atomic mass is 10.1. The Kier molecular flexibility index (Phi) is 3.37. The Balaban J connectivity index is 1.46. The minimum absolute atomic E-state index is 0.934. The van der Waals surface area contributed by atoms with Crippen molar-refractivity contribution in [1.82, 2.24) is 19.9 Å². The summed E-state index contributed by atoms with van der Waals surface area (Å²) in [6.45, 7) is 4.27. The molecule has 0 amide bonds. The third kappa shape index (κ3) is 2.72. The first kappa shape index (κ1) is 14.0. The molecule has 0 unspecified atom stereocenters. The second-order valence-electron chi connectivity index (χ2n) is 6.19. The van der Waals surface area contributed by atoms with Gasteiger partial charge in [-0.05, 0) is 55.7 Å². The van der Waals surface area contributed by atoms with Gasteiger partial charge in [-0.1, -0.05) is 12.1 Å². The van der Waals surface area contributed by atoms with Crippen LogP contribution in [0.2, 0.25) is 0 Å². The van der Waals surface area contributed by atoms with Gasteiger partial charge in [0.15, 0.2) is 0 Å². The zero-order valence-electron chi connectivity index (χ0n) is 13.5. The molecule has 23 heavy (non-hydrogen) atoms. The molecule has 4 rings (SSSR count). The lowest BCUT2D eigenvalue weighted by Gasteiger charge is -1.97. The summed E-state index contributed by atoms with van der Waals surface area (Å²) in [5.74, 6) is 2.11. The highest BCUT2D eigenvalue weighted by molar-refractivity contribution is 5.77. The highest BCUT2D eigenvalue weighted by Gasteiger charge is 2.06. The fraction of sp³-hybridized carbons (Fsp3) is 0.263. The number of nitrogens with one attached hydrogen (secondary N) is 2. The van der Waals surface area contributed by atoms with Crippen molar-refractivity contribution in [3.8, 4) is 0 Å². The van der Waals surface area contributed by atoms with Crippen molar-refractivity contribution < 1.29 is 0 Å². The average molecular weight is 304 g/mol. The number of aromatic nitrogens is 4. The number of para-hydroxylation sites is 2. The molecular weight excluding hydrogens is 284 g/mol. The smallest absolute Gasteiger partial charge is 0.107 e. The van der Waals surface area contributed by atoms with E-state index in [0.29, 0.717) is 0 Å². The number of hydrogen-bond acceptors (Lipinski definition) is 2. The largest absolute Gasteiger partial charge is 0.342 e. The van der Waals surface area contributed by atoms with E-state index in [2.05, 4.69) is 47.0 Å². The van der Waals surface area contributed by atoms with E-state index in [-0.39, 0.29) is 0 Å². The van der Waals surface area contributed by atoms with Crippen LogP contribution in [-0.4, -0.2) is 19.9 Å². The van der Waals surface area contributed by atoms with Gasteiger partial charge in [0.05, 0.1) is 22.1 Å². The summed E-state index contributed by atoms with van der Waals surface area (Å²) in [6, 6.07) is 12.5. The first-order valence-corrected chi connectivity index (χ1v) is 8.08. The summed E-state index contributed by atoms with van der Waals surface area (Å²) in [6.07, 6.45) is 2.89. The number of imidazole rings is 2. The molecule has 0 aliphatic carbocycles. The van der Waals surface area contributed by atoms with E-state index in [1.54, 1.807) is 0 Å². The SMILES string of the molecule is Cc1cc2nc(CCCc3nc4ccccc4[nH]3)[nH]c2cc1C. The van der Waals surface area contributed by atoms with Crippen LogP contribution in [0.25, 0.3) is 22.1 Å². The Morgan fingerprint density at radius 1 is 0.783 bits per heavy atom. The van der Waals surface area contributed by atoms with Gasteiger partial charge >= 0.3 is 0 Å². The predicted octanol–water partition coefficient (Wildman–Crippen LogP) is 4.23. The number of benzene rings is 2. The molecule has 0 aliphatic heterocycles. The van der Waals surface area contributed by atoms with Gasteiger partial charge in [-0.25, -0.2) is 9.97 Å². The number of nitrogens with zero attached hydrogens (tertiary/aromatic N) is 2. The number of aromatic amines is 2. The van der Waals surface area contributed by atoms with Crippen molar-refractivity contribution in [1.29, 1.82) is 0 Å². The molecular formula is C19H20N4. The zero-order chi connectivity index (χ0) is 15.8. The molecule has 0 atom stereocenters. The average Bonchev–Trinajstić information content (AvgIpc) is 3.11. The van der Waals surface area contributed by atoms with Gasteiger partial charge in [0.25, 0.3) is 0 Å². The Hall–Kier alpha value is -2.62. The second kappa shape index (κ2) is 5.54. The van der Waals surface area contributed by atoms with Crippen molar-refractivity contribution in [3.63, 3.8) is 0 Å². The molecule has 2 aromatic heterocycles. The van der Waals surface area contributed by atoms with E-state index in [1.807, 2.05) is 18.2 Å². The molecule has 0 radical (unpaired) electrons. The van der Waals surface area contributed by atoms with E-state index in [4.69, 9.17) is 4.98 Å². The number of rotatable bonds is 4. The molecule has 2 N–H and O–H groups in total. The standard InChI is InChI=1S/C19H20N4/c1-12-10-16-17(11-13(12)2)23-19(22-16)9-5-8-18-20-14-6-3-4-7-15(14)21-18/h3-4,6-7,10-11H,5,8-9H2,1-2H3,(H,20,21)(H,22,23). The predicted molar refractivity (Wildman–Crippen MR) is 93.7 cm³/mol. The molecule has 4 aromatic rings. The number of aryl methyl sites for hydroxylation is 4. The third-order valence-electron chi connectivity index (χ3n) is 4.41. The molecule has 4 heteroatoms. The summed E-state index contributed by atoms with van der Waals surface area (Å²) in [7, 11) is 0. The molecule has 0 bridgehead atoms. The third-order valence-corrected chi connectivity index (χ3v) is 4.41. The van der Waals surface area contributed by atoms with Crippen LogP contribution in [0.1, 0.15) is 29.2 Å². The molecule has 2 heterocycles. The van der Waals surface area contributed by atoms with Crippen LogP contribution in [0.3, 0.4) is 0 Å². The van der Waals surface area contributed by atoms with Gasteiger partial charge in [0.1, 0.15) is 11.6 Å². The summed E-state index contributed by atoms with van der Waals surface area (Å²) in [4.78, 5) is 16.1. The van der Waals surface area contributed by atoms with Crippen molar-refractivity contribution in [2.45, 2.75) is 33.1 Å². The van der Waals surface area contributed by atoms with Gasteiger partial charge in [0, 0.05) is 12.8 Å². The van der Waals surface area contributed by atoms with Crippen LogP contribution in [0.5, 0.6) is 0 Å². The fourth-order valence-corrected chi connectivity index (χ4v) is 2.99. The first-order valence-electron chi connectivity index (χ1n) is 8.08. The van der Waals surface area contributed by atoms with E-state index >= 15 is 0 Å². The topological polar surface area (TPSA) is 57.4 Å². The molecule has 0 spiro atoms. The maximum Gasteiger partial charge on any atom is 0.107 e. The maximum absolute atomic E-state index is 4.70. The molecule has 0 saturated heterocycles. The van der Waals surface area contributed by atoms with E-state index in [9.17, 15) is 0 Å². The first-order chi connectivity index (χ1) is 11.2. The van der Waals surface area contributed by atoms with Gasteiger partial charge in [-0.15, -0.1) is 0 Å². The molecule has 0 aliphatic rings. The van der Waals surface area contributed by atoms with Gasteiger partial charge < -0.3 is 9.97 Å². The summed E-state index contributed by atoms with van der Waals surface area (Å²) < 4.78 is 0. The fourth-order valence-electron chi connectivity index (χ4n) is 2.99. The van der Waals surface area contributed by atoms with Gasteiger partial charge in [0.2, 0.25) is 0 Å². The van der Waals surface area contributed by atoms with Crippen LogP contribution in [0.4, 0.5) is 0 Å². The zero-order valence-corrected chi connectivity index (χ0v) is 13.5. The van der Waals surface area contributed by atoms with E-state index < -0.39 is 0 Å². The van der Waals surface area contributed by atoms with E-state index in [1.165, 1.54) is 11.1 Å². The van der Waals surface area contributed by atoms with Crippen LogP contribution >= 0.6 is 0 Å². The van der Waals surface area contributed by atoms with Gasteiger partial charge in [-0.2, -0.15) is 0 Å². The second-order valence-corrected chi connectivity index (χ2v) is 6.19. The minimum atomic E-state index is 0.934. The summed E-state index contributed by atoms with van der Waals surface area (Å²) in [5, 5.41) is 0. The van der Waals surface area contributed by atoms with Crippen molar-refractivity contribution in [3.05, 3.63) is 59.2 Å². The quantitative estimate of drug-likeness (QED) is 0.592. The van der Waals surface area contributed by atoms with Crippen molar-refractivity contribution >= 4 is 22.1 Å². The normalized spacial score (nSPS) is 11.6.